The number of hydrogen-bond donors (Lipinski definition) is 4. The fraction of sp³-hybridized carbons (Fsp3) is 0.167. The van der Waals surface area contributed by atoms with E-state index in [1.807, 2.05) is 60.7 Å². The molecule has 34 heavy (non-hydrogen) atoms. The summed E-state index contributed by atoms with van der Waals surface area (Å²) in [7, 11) is -3.60. The molecule has 0 saturated heterocycles. The topological polar surface area (TPSA) is 126 Å². The number of sulfonamides is 1. The zero-order valence-corrected chi connectivity index (χ0v) is 20.9. The summed E-state index contributed by atoms with van der Waals surface area (Å²) in [5.74, 6) is -0.488. The number of fused-ring (bicyclic) bond motifs is 2. The van der Waals surface area contributed by atoms with Crippen LogP contribution < -0.4 is 21.1 Å². The van der Waals surface area contributed by atoms with Crippen LogP contribution in [-0.4, -0.2) is 38.2 Å². The van der Waals surface area contributed by atoms with Crippen LogP contribution in [0.15, 0.2) is 72.8 Å². The van der Waals surface area contributed by atoms with Gasteiger partial charge in [0.2, 0.25) is 15.9 Å². The standard InChI is InChI=1S/C24H25N5O3S.BrH/c25-14-13-23(30)26-15-16-33(31,32)29-18-11-9-17(10-12-18)27-24-19-5-1-3-7-21(19)28-22-8-4-2-6-20(22)24;/h1-12,29H,13-16,25H2,(H,26,30)(H,27,28);1H. The van der Waals surface area contributed by atoms with Crippen LogP contribution in [0.2, 0.25) is 0 Å². The highest BCUT2D eigenvalue weighted by Gasteiger charge is 2.12. The van der Waals surface area contributed by atoms with E-state index in [-0.39, 0.29) is 48.2 Å². The second-order valence-electron chi connectivity index (χ2n) is 7.53. The molecular weight excluding hydrogens is 518 g/mol. The van der Waals surface area contributed by atoms with Crippen molar-refractivity contribution in [1.29, 1.82) is 0 Å². The van der Waals surface area contributed by atoms with E-state index in [9.17, 15) is 13.2 Å². The second kappa shape index (κ2) is 11.3. The van der Waals surface area contributed by atoms with Gasteiger partial charge in [0.1, 0.15) is 0 Å². The maximum Gasteiger partial charge on any atom is 0.234 e. The Labute approximate surface area is 208 Å². The van der Waals surface area contributed by atoms with Crippen LogP contribution in [0.1, 0.15) is 6.42 Å². The number of hydrogen-bond acceptors (Lipinski definition) is 6. The number of carbonyl (C=O) groups excluding carboxylic acids is 1. The van der Waals surface area contributed by atoms with Crippen molar-refractivity contribution in [3.05, 3.63) is 72.8 Å². The van der Waals surface area contributed by atoms with Gasteiger partial charge < -0.3 is 16.4 Å². The Kier molecular flexibility index (Phi) is 8.43. The summed E-state index contributed by atoms with van der Waals surface area (Å²) in [5, 5.41) is 8.00. The van der Waals surface area contributed by atoms with Crippen molar-refractivity contribution in [3.8, 4) is 0 Å². The predicted molar refractivity (Wildman–Crippen MR) is 143 cm³/mol. The highest BCUT2D eigenvalue weighted by atomic mass is 79.9. The number of benzene rings is 3. The van der Waals surface area contributed by atoms with Gasteiger partial charge in [-0.05, 0) is 36.4 Å². The smallest absolute Gasteiger partial charge is 0.234 e. The van der Waals surface area contributed by atoms with Crippen LogP contribution in [0.4, 0.5) is 17.1 Å². The van der Waals surface area contributed by atoms with E-state index in [0.717, 1.165) is 33.2 Å². The van der Waals surface area contributed by atoms with Crippen molar-refractivity contribution in [2.24, 2.45) is 5.73 Å². The lowest BCUT2D eigenvalue weighted by atomic mass is 10.1. The van der Waals surface area contributed by atoms with Gasteiger partial charge in [-0.3, -0.25) is 9.52 Å². The Bertz CT molecular complexity index is 1340. The molecule has 0 bridgehead atoms. The van der Waals surface area contributed by atoms with Gasteiger partial charge >= 0.3 is 0 Å². The summed E-state index contributed by atoms with van der Waals surface area (Å²) in [5.41, 5.74) is 9.28. The van der Waals surface area contributed by atoms with Crippen LogP contribution in [0.25, 0.3) is 21.8 Å². The molecule has 0 unspecified atom stereocenters. The Morgan fingerprint density at radius 2 is 1.41 bits per heavy atom. The first-order valence-corrected chi connectivity index (χ1v) is 12.2. The number of para-hydroxylation sites is 2. The quantitative estimate of drug-likeness (QED) is 0.237. The fourth-order valence-electron chi connectivity index (χ4n) is 3.52. The number of aromatic nitrogens is 1. The molecule has 0 fully saturated rings. The van der Waals surface area contributed by atoms with E-state index in [1.165, 1.54) is 0 Å². The first kappa shape index (κ1) is 25.4. The van der Waals surface area contributed by atoms with Gasteiger partial charge in [-0.25, -0.2) is 13.4 Å². The Balaban J connectivity index is 0.00000324. The van der Waals surface area contributed by atoms with E-state index in [4.69, 9.17) is 10.7 Å². The number of carbonyl (C=O) groups is 1. The third-order valence-corrected chi connectivity index (χ3v) is 6.37. The summed E-state index contributed by atoms with van der Waals surface area (Å²) < 4.78 is 27.1. The molecule has 10 heteroatoms. The Hall–Kier alpha value is -3.21. The van der Waals surface area contributed by atoms with Gasteiger partial charge in [0.25, 0.3) is 0 Å². The molecule has 0 atom stereocenters. The zero-order chi connectivity index (χ0) is 23.3. The van der Waals surface area contributed by atoms with E-state index >= 15 is 0 Å². The van der Waals surface area contributed by atoms with Crippen LogP contribution in [0, 0.1) is 0 Å². The summed E-state index contributed by atoms with van der Waals surface area (Å²) in [6.45, 7) is 0.248. The predicted octanol–water partition coefficient (Wildman–Crippen LogP) is 3.92. The first-order valence-electron chi connectivity index (χ1n) is 10.6. The number of anilines is 3. The number of rotatable bonds is 9. The highest BCUT2D eigenvalue weighted by molar-refractivity contribution is 8.93. The minimum Gasteiger partial charge on any atom is -0.355 e. The van der Waals surface area contributed by atoms with Crippen LogP contribution in [-0.2, 0) is 14.8 Å². The lowest BCUT2D eigenvalue weighted by molar-refractivity contribution is -0.120. The molecule has 0 radical (unpaired) electrons. The summed E-state index contributed by atoms with van der Waals surface area (Å²) in [4.78, 5) is 16.2. The maximum absolute atomic E-state index is 12.3. The molecule has 4 rings (SSSR count). The van der Waals surface area contributed by atoms with Gasteiger partial charge in [0.05, 0.1) is 22.5 Å². The van der Waals surface area contributed by atoms with Crippen molar-refractivity contribution in [3.63, 3.8) is 0 Å². The average molecular weight is 544 g/mol. The maximum atomic E-state index is 12.3. The number of nitrogens with one attached hydrogen (secondary N) is 3. The van der Waals surface area contributed by atoms with Crippen molar-refractivity contribution < 1.29 is 13.2 Å². The fourth-order valence-corrected chi connectivity index (χ4v) is 4.48. The van der Waals surface area contributed by atoms with Crippen LogP contribution in [0.5, 0.6) is 0 Å². The van der Waals surface area contributed by atoms with Crippen molar-refractivity contribution >= 4 is 71.8 Å². The number of pyridine rings is 1. The Morgan fingerprint density at radius 3 is 2.00 bits per heavy atom. The van der Waals surface area contributed by atoms with Crippen LogP contribution >= 0.6 is 17.0 Å². The minimum absolute atomic E-state index is 0. The van der Waals surface area contributed by atoms with Gasteiger partial charge in [-0.15, -0.1) is 17.0 Å². The molecule has 1 amide bonds. The largest absolute Gasteiger partial charge is 0.355 e. The summed E-state index contributed by atoms with van der Waals surface area (Å²) >= 11 is 0. The molecule has 0 aliphatic heterocycles. The number of nitrogens with zero attached hydrogens (tertiary/aromatic N) is 1. The Morgan fingerprint density at radius 1 is 0.853 bits per heavy atom. The van der Waals surface area contributed by atoms with Crippen molar-refractivity contribution in [1.82, 2.24) is 10.3 Å². The molecule has 178 valence electrons. The van der Waals surface area contributed by atoms with Crippen molar-refractivity contribution in [2.45, 2.75) is 6.42 Å². The summed E-state index contributed by atoms with van der Waals surface area (Å²) in [6, 6.07) is 22.9. The minimum atomic E-state index is -3.60. The number of halogens is 1. The van der Waals surface area contributed by atoms with Gasteiger partial charge in [0, 0.05) is 41.7 Å². The third kappa shape index (κ3) is 6.22. The lowest BCUT2D eigenvalue weighted by Gasteiger charge is -2.14. The third-order valence-electron chi connectivity index (χ3n) is 5.08. The normalized spacial score (nSPS) is 11.1. The van der Waals surface area contributed by atoms with E-state index in [0.29, 0.717) is 5.69 Å². The monoisotopic (exact) mass is 543 g/mol. The molecule has 0 spiro atoms. The highest BCUT2D eigenvalue weighted by Crippen LogP contribution is 2.33. The molecule has 1 heterocycles. The van der Waals surface area contributed by atoms with Gasteiger partial charge in [-0.2, -0.15) is 0 Å². The second-order valence-corrected chi connectivity index (χ2v) is 9.37. The van der Waals surface area contributed by atoms with E-state index in [1.54, 1.807) is 12.1 Å². The molecule has 8 nitrogen and oxygen atoms in total. The van der Waals surface area contributed by atoms with E-state index in [2.05, 4.69) is 15.4 Å². The van der Waals surface area contributed by atoms with Crippen LogP contribution in [0.3, 0.4) is 0 Å². The average Bonchev–Trinajstić information content (AvgIpc) is 2.80. The SMILES string of the molecule is Br.NCCC(=O)NCCS(=O)(=O)Nc1ccc(Nc2c3ccccc3nc3ccccc23)cc1. The molecule has 0 aliphatic rings. The van der Waals surface area contributed by atoms with E-state index < -0.39 is 10.0 Å². The molecule has 1 aromatic heterocycles. The first-order chi connectivity index (χ1) is 15.9. The molecule has 4 aromatic rings. The number of amides is 1. The summed E-state index contributed by atoms with van der Waals surface area (Å²) in [6.07, 6.45) is 0.171. The van der Waals surface area contributed by atoms with Crippen molar-refractivity contribution in [2.75, 3.05) is 28.9 Å². The van der Waals surface area contributed by atoms with Gasteiger partial charge in [0.15, 0.2) is 0 Å². The molecule has 5 N–H and O–H groups in total. The lowest BCUT2D eigenvalue weighted by Crippen LogP contribution is -2.32. The molecular formula is C24H26BrN5O3S. The number of nitrogens with two attached hydrogens (primary N) is 1. The molecule has 0 saturated carbocycles. The molecule has 3 aromatic carbocycles. The molecule has 0 aliphatic carbocycles. The van der Waals surface area contributed by atoms with Gasteiger partial charge in [-0.1, -0.05) is 36.4 Å². The zero-order valence-electron chi connectivity index (χ0n) is 18.3.